The van der Waals surface area contributed by atoms with Gasteiger partial charge in [0.05, 0.1) is 6.61 Å². The molecule has 1 amide bonds. The maximum Gasteiger partial charge on any atom is 0.471 e. The van der Waals surface area contributed by atoms with Gasteiger partial charge in [-0.3, -0.25) is 4.79 Å². The highest BCUT2D eigenvalue weighted by molar-refractivity contribution is 5.82. The van der Waals surface area contributed by atoms with Crippen molar-refractivity contribution < 1.29 is 43.1 Å². The monoisotopic (exact) mass is 365 g/mol. The Bertz CT molecular complexity index is 599. The average Bonchev–Trinajstić information content (AvgIpc) is 2.55. The van der Waals surface area contributed by atoms with Crippen LogP contribution in [0.25, 0.3) is 0 Å². The Morgan fingerprint density at radius 3 is 2.32 bits per heavy atom. The number of alkyl halides is 3. The topological polar surface area (TPSA) is 119 Å². The van der Waals surface area contributed by atoms with Crippen LogP contribution in [-0.4, -0.2) is 69.3 Å². The summed E-state index contributed by atoms with van der Waals surface area (Å²) in [6, 6.07) is 6.02. The molecule has 0 spiro atoms. The first-order valence-electron chi connectivity index (χ1n) is 7.37. The van der Waals surface area contributed by atoms with E-state index in [0.717, 1.165) is 0 Å². The lowest BCUT2D eigenvalue weighted by Gasteiger charge is -2.48. The molecular weight excluding hydrogens is 347 g/mol. The van der Waals surface area contributed by atoms with E-state index < -0.39 is 55.3 Å². The Kier molecular flexibility index (Phi) is 5.69. The summed E-state index contributed by atoms with van der Waals surface area (Å²) in [5.41, 5.74) is 0.441. The minimum Gasteiger partial charge on any atom is -0.394 e. The van der Waals surface area contributed by atoms with Crippen molar-refractivity contribution in [1.82, 2.24) is 5.32 Å². The Morgan fingerprint density at radius 1 is 1.20 bits per heavy atom. The molecule has 5 N–H and O–H groups in total. The molecule has 0 bridgehead atoms. The van der Waals surface area contributed by atoms with E-state index in [-0.39, 0.29) is 0 Å². The Labute approximate surface area is 140 Å². The molecule has 0 unspecified atom stereocenters. The molecule has 0 aliphatic carbocycles. The van der Waals surface area contributed by atoms with Crippen LogP contribution in [0.2, 0.25) is 0 Å². The third-order valence-electron chi connectivity index (χ3n) is 3.94. The van der Waals surface area contributed by atoms with Gasteiger partial charge in [-0.15, -0.1) is 0 Å². The molecule has 0 saturated carbocycles. The van der Waals surface area contributed by atoms with Crippen LogP contribution in [0.15, 0.2) is 30.3 Å². The van der Waals surface area contributed by atoms with Gasteiger partial charge in [0.25, 0.3) is 0 Å². The summed E-state index contributed by atoms with van der Waals surface area (Å²) in [5.74, 6) is -4.88. The maximum absolute atomic E-state index is 12.5. The summed E-state index contributed by atoms with van der Waals surface area (Å²) < 4.78 is 42.7. The second-order valence-corrected chi connectivity index (χ2v) is 5.78. The minimum atomic E-state index is -5.26. The number of aliphatic hydroxyl groups is 4. The largest absolute Gasteiger partial charge is 0.471 e. The first-order valence-corrected chi connectivity index (χ1v) is 7.37. The minimum absolute atomic E-state index is 0.392. The van der Waals surface area contributed by atoms with E-state index >= 15 is 0 Å². The molecule has 1 aliphatic rings. The van der Waals surface area contributed by atoms with Gasteiger partial charge >= 0.3 is 12.1 Å². The van der Waals surface area contributed by atoms with Crippen molar-refractivity contribution in [1.29, 1.82) is 0 Å². The third-order valence-corrected chi connectivity index (χ3v) is 3.94. The molecule has 1 aromatic carbocycles. The third kappa shape index (κ3) is 4.28. The van der Waals surface area contributed by atoms with Crippen molar-refractivity contribution in [2.45, 2.75) is 42.7 Å². The number of nitrogens with one attached hydrogen (secondary N) is 1. The molecule has 0 radical (unpaired) electrons. The van der Waals surface area contributed by atoms with E-state index in [4.69, 9.17) is 4.74 Å². The Morgan fingerprint density at radius 2 is 1.80 bits per heavy atom. The van der Waals surface area contributed by atoms with Gasteiger partial charge in [0.1, 0.15) is 24.4 Å². The zero-order valence-corrected chi connectivity index (χ0v) is 12.8. The number of ether oxygens (including phenoxy) is 1. The number of carbonyl (C=O) groups is 1. The lowest BCUT2D eigenvalue weighted by Crippen LogP contribution is -2.71. The Hall–Kier alpha value is -1.72. The molecule has 0 aromatic heterocycles. The lowest BCUT2D eigenvalue weighted by molar-refractivity contribution is -0.318. The number of hydrogen-bond donors (Lipinski definition) is 5. The van der Waals surface area contributed by atoms with Crippen LogP contribution in [0.4, 0.5) is 13.2 Å². The number of benzene rings is 1. The molecular formula is C15H18F3NO6. The number of amides is 1. The number of carbonyl (C=O) groups excluding carboxylic acids is 1. The summed E-state index contributed by atoms with van der Waals surface area (Å²) in [4.78, 5) is 11.2. The fourth-order valence-corrected chi connectivity index (χ4v) is 2.70. The maximum atomic E-state index is 12.5. The van der Waals surface area contributed by atoms with Crippen molar-refractivity contribution in [2.75, 3.05) is 6.61 Å². The van der Waals surface area contributed by atoms with Crippen LogP contribution in [-0.2, 0) is 16.0 Å². The highest BCUT2D eigenvalue weighted by atomic mass is 19.4. The predicted molar refractivity (Wildman–Crippen MR) is 77.1 cm³/mol. The van der Waals surface area contributed by atoms with Gasteiger partial charge in [0.15, 0.2) is 5.79 Å². The van der Waals surface area contributed by atoms with Gasteiger partial charge in [0.2, 0.25) is 0 Å². The molecule has 1 saturated heterocycles. The van der Waals surface area contributed by atoms with Crippen molar-refractivity contribution in [3.63, 3.8) is 0 Å². The van der Waals surface area contributed by atoms with Crippen molar-refractivity contribution >= 4 is 5.91 Å². The molecule has 1 fully saturated rings. The highest BCUT2D eigenvalue weighted by Crippen LogP contribution is 2.32. The van der Waals surface area contributed by atoms with Crippen LogP contribution in [0, 0.1) is 0 Å². The molecule has 1 aliphatic heterocycles. The molecule has 10 heteroatoms. The molecule has 140 valence electrons. The fourth-order valence-electron chi connectivity index (χ4n) is 2.70. The van der Waals surface area contributed by atoms with Crippen LogP contribution in [0.1, 0.15) is 5.56 Å². The van der Waals surface area contributed by atoms with Crippen LogP contribution >= 0.6 is 0 Å². The molecule has 1 aromatic rings. The van der Waals surface area contributed by atoms with Crippen LogP contribution in [0.3, 0.4) is 0 Å². The van der Waals surface area contributed by atoms with E-state index in [1.54, 1.807) is 30.3 Å². The van der Waals surface area contributed by atoms with Gasteiger partial charge in [0, 0.05) is 6.42 Å². The van der Waals surface area contributed by atoms with Crippen molar-refractivity contribution in [3.05, 3.63) is 35.9 Å². The van der Waals surface area contributed by atoms with Crippen LogP contribution < -0.4 is 5.32 Å². The number of halogens is 3. The molecule has 7 nitrogen and oxygen atoms in total. The van der Waals surface area contributed by atoms with Crippen molar-refractivity contribution in [3.8, 4) is 0 Å². The standard InChI is InChI=1S/C15H18F3NO6/c16-15(17,18)13(23)19-12-11(22)10(21)9(7-20)25-14(12,24)6-8-4-2-1-3-5-8/h1-5,9-12,20-22,24H,6-7H2,(H,19,23)/t9-,10+,11+,12-,14-/m1/s1. The second-order valence-electron chi connectivity index (χ2n) is 5.78. The molecule has 2 rings (SSSR count). The molecule has 1 heterocycles. The first kappa shape index (κ1) is 19.6. The smallest absolute Gasteiger partial charge is 0.394 e. The molecule has 5 atom stereocenters. The summed E-state index contributed by atoms with van der Waals surface area (Å²) in [6.45, 7) is -0.796. The zero-order valence-electron chi connectivity index (χ0n) is 12.8. The van der Waals surface area contributed by atoms with Gasteiger partial charge in [-0.2, -0.15) is 13.2 Å². The van der Waals surface area contributed by atoms with E-state index in [1.165, 1.54) is 5.32 Å². The van der Waals surface area contributed by atoms with Crippen LogP contribution in [0.5, 0.6) is 0 Å². The van der Waals surface area contributed by atoms with Gasteiger partial charge < -0.3 is 30.5 Å². The summed E-state index contributed by atoms with van der Waals surface area (Å²) in [6.07, 6.45) is -10.9. The Balaban J connectivity index is 2.33. The number of hydrogen-bond acceptors (Lipinski definition) is 6. The second kappa shape index (κ2) is 7.26. The van der Waals surface area contributed by atoms with Gasteiger partial charge in [-0.1, -0.05) is 30.3 Å². The predicted octanol–water partition coefficient (Wildman–Crippen LogP) is -0.922. The first-order chi connectivity index (χ1) is 11.6. The fraction of sp³-hybridized carbons (Fsp3) is 0.533. The summed E-state index contributed by atoms with van der Waals surface area (Å²) >= 11 is 0. The van der Waals surface area contributed by atoms with E-state index in [9.17, 15) is 38.4 Å². The SMILES string of the molecule is O=C(N[C@@H]1[C@@H](O)[C@@H](O)[C@@H](CO)O[C@]1(O)Cc1ccccc1)C(F)(F)F. The van der Waals surface area contributed by atoms with Gasteiger partial charge in [-0.05, 0) is 5.56 Å². The summed E-state index contributed by atoms with van der Waals surface area (Å²) in [5, 5.41) is 41.3. The lowest BCUT2D eigenvalue weighted by atomic mass is 9.86. The van der Waals surface area contributed by atoms with Gasteiger partial charge in [-0.25, -0.2) is 0 Å². The summed E-state index contributed by atoms with van der Waals surface area (Å²) in [7, 11) is 0. The van der Waals surface area contributed by atoms with E-state index in [2.05, 4.69) is 0 Å². The van der Waals surface area contributed by atoms with E-state index in [0.29, 0.717) is 5.56 Å². The highest BCUT2D eigenvalue weighted by Gasteiger charge is 2.55. The molecule has 25 heavy (non-hydrogen) atoms. The normalized spacial score (nSPS) is 33.1. The quantitative estimate of drug-likeness (QED) is 0.471. The number of rotatable bonds is 4. The number of aliphatic hydroxyl groups excluding tert-OH is 3. The van der Waals surface area contributed by atoms with E-state index in [1.807, 2.05) is 0 Å². The van der Waals surface area contributed by atoms with Crippen molar-refractivity contribution in [2.24, 2.45) is 0 Å². The zero-order chi connectivity index (χ0) is 18.8. The average molecular weight is 365 g/mol.